The fourth-order valence-electron chi connectivity index (χ4n) is 4.69. The number of hydrogen-bond acceptors (Lipinski definition) is 6. The first-order valence-electron chi connectivity index (χ1n) is 11.3. The van der Waals surface area contributed by atoms with E-state index >= 15 is 0 Å². The summed E-state index contributed by atoms with van der Waals surface area (Å²) in [7, 11) is 0. The van der Waals surface area contributed by atoms with Gasteiger partial charge in [-0.05, 0) is 23.6 Å². The molecule has 2 unspecified atom stereocenters. The van der Waals surface area contributed by atoms with Crippen LogP contribution in [0.5, 0.6) is 0 Å². The van der Waals surface area contributed by atoms with Crippen LogP contribution in [0.15, 0.2) is 18.2 Å². The van der Waals surface area contributed by atoms with Crippen LogP contribution in [-0.2, 0) is 20.4 Å². The van der Waals surface area contributed by atoms with E-state index in [0.717, 1.165) is 12.1 Å². The molecule has 204 valence electrons. The first-order valence-corrected chi connectivity index (χ1v) is 11.3. The molecule has 0 saturated carbocycles. The van der Waals surface area contributed by atoms with Crippen LogP contribution in [0.1, 0.15) is 44.7 Å². The van der Waals surface area contributed by atoms with Crippen molar-refractivity contribution in [1.82, 2.24) is 4.90 Å². The molecule has 4 atom stereocenters. The maximum Gasteiger partial charge on any atom is 0.433 e. The summed E-state index contributed by atoms with van der Waals surface area (Å²) in [5, 5.41) is 8.98. The molecule has 2 amide bonds. The predicted molar refractivity (Wildman–Crippen MR) is 117 cm³/mol. The highest BCUT2D eigenvalue weighted by atomic mass is 19.4. The lowest BCUT2D eigenvalue weighted by Crippen LogP contribution is -2.56. The highest BCUT2D eigenvalue weighted by Crippen LogP contribution is 2.40. The van der Waals surface area contributed by atoms with Gasteiger partial charge in [-0.1, -0.05) is 20.8 Å². The van der Waals surface area contributed by atoms with E-state index in [1.165, 1.54) is 11.0 Å². The Bertz CT molecular complexity index is 1080. The fraction of sp³-hybridized carbons (Fsp3) is 0.609. The van der Waals surface area contributed by atoms with Crippen molar-refractivity contribution in [3.63, 3.8) is 0 Å². The predicted octanol–water partition coefficient (Wildman–Crippen LogP) is 4.17. The molecule has 1 aromatic rings. The van der Waals surface area contributed by atoms with E-state index in [9.17, 15) is 35.9 Å². The van der Waals surface area contributed by atoms with Crippen LogP contribution < -0.4 is 10.6 Å². The van der Waals surface area contributed by atoms with Gasteiger partial charge in [-0.25, -0.2) is 4.79 Å². The smallest absolute Gasteiger partial charge is 0.433 e. The summed E-state index contributed by atoms with van der Waals surface area (Å²) < 4.78 is 92.0. The molecular formula is C23H26F6N4O4. The highest BCUT2D eigenvalue weighted by molar-refractivity contribution is 5.83. The zero-order valence-electron chi connectivity index (χ0n) is 20.2. The molecule has 2 saturated heterocycles. The van der Waals surface area contributed by atoms with Crippen molar-refractivity contribution in [2.45, 2.75) is 70.4 Å². The first kappa shape index (κ1) is 28.4. The summed E-state index contributed by atoms with van der Waals surface area (Å²) in [4.78, 5) is 26.5. The minimum absolute atomic E-state index is 0.0460. The molecule has 0 bridgehead atoms. The Kier molecular flexibility index (Phi) is 7.61. The number of primary amides is 1. The van der Waals surface area contributed by atoms with Gasteiger partial charge in [-0.3, -0.25) is 4.79 Å². The van der Waals surface area contributed by atoms with Gasteiger partial charge in [0.15, 0.2) is 6.10 Å². The summed E-state index contributed by atoms with van der Waals surface area (Å²) in [6.45, 7) is 4.80. The average molecular weight is 536 g/mol. The van der Waals surface area contributed by atoms with Crippen LogP contribution in [0, 0.1) is 16.7 Å². The zero-order chi connectivity index (χ0) is 27.9. The van der Waals surface area contributed by atoms with Crippen molar-refractivity contribution in [3.05, 3.63) is 29.3 Å². The molecule has 0 spiro atoms. The molecule has 8 nitrogen and oxygen atoms in total. The number of nitriles is 1. The highest BCUT2D eigenvalue weighted by Gasteiger charge is 2.54. The second-order valence-corrected chi connectivity index (χ2v) is 10.0. The van der Waals surface area contributed by atoms with E-state index in [2.05, 4.69) is 0 Å². The van der Waals surface area contributed by atoms with Crippen LogP contribution in [0.4, 0.5) is 36.8 Å². The minimum Gasteiger partial charge on any atom is -0.446 e. The summed E-state index contributed by atoms with van der Waals surface area (Å²) in [5.74, 6) is -0.765. The largest absolute Gasteiger partial charge is 0.446 e. The van der Waals surface area contributed by atoms with Gasteiger partial charge in [-0.15, -0.1) is 0 Å². The number of alkyl halides is 6. The Balaban J connectivity index is 1.92. The van der Waals surface area contributed by atoms with E-state index < -0.39 is 77.6 Å². The van der Waals surface area contributed by atoms with Gasteiger partial charge >= 0.3 is 18.4 Å². The molecule has 2 fully saturated rings. The molecule has 37 heavy (non-hydrogen) atoms. The normalized spacial score (nSPS) is 25.1. The third-order valence-electron chi connectivity index (χ3n) is 6.37. The van der Waals surface area contributed by atoms with E-state index in [1.54, 1.807) is 20.8 Å². The minimum atomic E-state index is -5.03. The number of nitrogens with zero attached hydrogens (tertiary/aromatic N) is 3. The second kappa shape index (κ2) is 9.92. The van der Waals surface area contributed by atoms with Gasteiger partial charge in [0.1, 0.15) is 6.10 Å². The van der Waals surface area contributed by atoms with Crippen molar-refractivity contribution in [1.29, 1.82) is 5.26 Å². The van der Waals surface area contributed by atoms with Crippen molar-refractivity contribution < 1.29 is 45.4 Å². The lowest BCUT2D eigenvalue weighted by atomic mass is 9.79. The van der Waals surface area contributed by atoms with Gasteiger partial charge in [0, 0.05) is 31.1 Å². The number of amides is 2. The Morgan fingerprint density at radius 2 is 1.81 bits per heavy atom. The first-order chi connectivity index (χ1) is 16.9. The number of piperidine rings is 1. The number of ether oxygens (including phenoxy) is 2. The molecule has 0 aromatic heterocycles. The number of carbonyl (C=O) groups is 2. The summed E-state index contributed by atoms with van der Waals surface area (Å²) in [6.07, 6.45) is -15.5. The number of nitrogens with two attached hydrogens (primary N) is 1. The topological polar surface area (TPSA) is 109 Å². The van der Waals surface area contributed by atoms with E-state index in [1.807, 2.05) is 0 Å². The third-order valence-corrected chi connectivity index (χ3v) is 6.37. The van der Waals surface area contributed by atoms with Crippen molar-refractivity contribution >= 4 is 17.7 Å². The van der Waals surface area contributed by atoms with Crippen LogP contribution in [0.25, 0.3) is 0 Å². The molecular weight excluding hydrogens is 510 g/mol. The molecule has 14 heteroatoms. The Morgan fingerprint density at radius 3 is 2.32 bits per heavy atom. The molecule has 3 rings (SSSR count). The average Bonchev–Trinajstić information content (AvgIpc) is 3.23. The van der Waals surface area contributed by atoms with Crippen molar-refractivity contribution in [2.75, 3.05) is 18.0 Å². The molecule has 2 heterocycles. The SMILES string of the molecule is CC(C)(C)C1CC(OC(N)=O)CCN1C(=O)[C@@H]1CN(c2ccc(C#N)c(C(F)(F)F)c2)[C@@H](C(F)(F)F)O1. The number of benzene rings is 1. The summed E-state index contributed by atoms with van der Waals surface area (Å²) in [5.41, 5.74) is 1.89. The summed E-state index contributed by atoms with van der Waals surface area (Å²) >= 11 is 0. The van der Waals surface area contributed by atoms with Gasteiger partial charge in [-0.2, -0.15) is 31.6 Å². The second-order valence-electron chi connectivity index (χ2n) is 10.0. The lowest BCUT2D eigenvalue weighted by Gasteiger charge is -2.46. The maximum absolute atomic E-state index is 13.9. The Hall–Kier alpha value is -3.21. The number of hydrogen-bond donors (Lipinski definition) is 1. The third kappa shape index (κ3) is 6.20. The molecule has 2 aliphatic rings. The van der Waals surface area contributed by atoms with Gasteiger partial charge in [0.2, 0.25) is 6.23 Å². The lowest BCUT2D eigenvalue weighted by molar-refractivity contribution is -0.215. The van der Waals surface area contributed by atoms with Gasteiger partial charge in [0.25, 0.3) is 5.91 Å². The van der Waals surface area contributed by atoms with Gasteiger partial charge in [0.05, 0.1) is 23.7 Å². The van der Waals surface area contributed by atoms with Crippen LogP contribution in [0.3, 0.4) is 0 Å². The zero-order valence-corrected chi connectivity index (χ0v) is 20.2. The van der Waals surface area contributed by atoms with Crippen molar-refractivity contribution in [2.24, 2.45) is 11.1 Å². The number of rotatable bonds is 3. The van der Waals surface area contributed by atoms with E-state index in [4.69, 9.17) is 20.5 Å². The van der Waals surface area contributed by atoms with Crippen LogP contribution >= 0.6 is 0 Å². The van der Waals surface area contributed by atoms with Gasteiger partial charge < -0.3 is 25.0 Å². The van der Waals surface area contributed by atoms with Crippen molar-refractivity contribution in [3.8, 4) is 6.07 Å². The quantitative estimate of drug-likeness (QED) is 0.581. The Labute approximate surface area is 208 Å². The summed E-state index contributed by atoms with van der Waals surface area (Å²) in [6, 6.07) is 3.00. The Morgan fingerprint density at radius 1 is 1.16 bits per heavy atom. The number of carbonyl (C=O) groups excluding carboxylic acids is 2. The van der Waals surface area contributed by atoms with Crippen LogP contribution in [-0.4, -0.2) is 60.6 Å². The number of likely N-dealkylation sites (tertiary alicyclic amines) is 1. The molecule has 1 aromatic carbocycles. The van der Waals surface area contributed by atoms with E-state index in [0.29, 0.717) is 11.0 Å². The van der Waals surface area contributed by atoms with E-state index in [-0.39, 0.29) is 19.4 Å². The maximum atomic E-state index is 13.9. The monoisotopic (exact) mass is 536 g/mol. The molecule has 2 aliphatic heterocycles. The fourth-order valence-corrected chi connectivity index (χ4v) is 4.69. The number of halogens is 6. The standard InChI is InChI=1S/C23H26F6N4O4/c1-21(2,3)17-9-14(36-20(31)35)6-7-32(17)18(34)16-11-33(19(37-16)23(27,28)29)13-5-4-12(10-30)15(8-13)22(24,25)26/h4-5,8,14,16-17,19H,6-7,9,11H2,1-3H3,(H2,31,35)/t14?,16-,17?,19+/m0/s1. The number of anilines is 1. The molecule has 0 radical (unpaired) electrons. The molecule has 0 aliphatic carbocycles. The van der Waals surface area contributed by atoms with Crippen LogP contribution in [0.2, 0.25) is 0 Å². The molecule has 2 N–H and O–H groups in total.